The van der Waals surface area contributed by atoms with Crippen LogP contribution in [0, 0.1) is 5.92 Å². The van der Waals surface area contributed by atoms with E-state index in [1.54, 1.807) is 0 Å². The van der Waals surface area contributed by atoms with Crippen molar-refractivity contribution in [2.45, 2.75) is 31.3 Å². The zero-order valence-corrected chi connectivity index (χ0v) is 12.7. The lowest BCUT2D eigenvalue weighted by Crippen LogP contribution is -2.15. The van der Waals surface area contributed by atoms with Gasteiger partial charge in [0.05, 0.1) is 6.10 Å². The third-order valence-electron chi connectivity index (χ3n) is 2.70. The van der Waals surface area contributed by atoms with Crippen molar-refractivity contribution in [3.8, 4) is 0 Å². The van der Waals surface area contributed by atoms with Crippen LogP contribution in [-0.2, 0) is 0 Å². The van der Waals surface area contributed by atoms with Crippen molar-refractivity contribution in [3.05, 3.63) is 29.8 Å². The second kappa shape index (κ2) is 7.82. The quantitative estimate of drug-likeness (QED) is 0.766. The normalized spacial score (nSPS) is 13.3. The van der Waals surface area contributed by atoms with E-state index >= 15 is 0 Å². The largest absolute Gasteiger partial charge is 0.388 e. The minimum Gasteiger partial charge on any atom is -0.388 e. The van der Waals surface area contributed by atoms with Crippen molar-refractivity contribution in [1.29, 1.82) is 0 Å². The molecule has 18 heavy (non-hydrogen) atoms. The molecule has 0 aliphatic heterocycles. The van der Waals surface area contributed by atoms with Gasteiger partial charge in [0.1, 0.15) is 0 Å². The molecule has 1 rings (SSSR count). The van der Waals surface area contributed by atoms with E-state index in [2.05, 4.69) is 30.9 Å². The topological polar surface area (TPSA) is 23.5 Å². The Kier molecular flexibility index (Phi) is 6.76. The van der Waals surface area contributed by atoms with Crippen LogP contribution in [0.15, 0.2) is 29.2 Å². The number of aliphatic hydroxyl groups excluding tert-OH is 1. The number of hydrogen-bond donors (Lipinski definition) is 1. The predicted octanol–water partition coefficient (Wildman–Crippen LogP) is 3.42. The van der Waals surface area contributed by atoms with Gasteiger partial charge in [0, 0.05) is 17.2 Å². The van der Waals surface area contributed by atoms with Gasteiger partial charge in [-0.3, -0.25) is 0 Å². The summed E-state index contributed by atoms with van der Waals surface area (Å²) >= 11 is 1.88. The van der Waals surface area contributed by atoms with E-state index in [-0.39, 0.29) is 6.10 Å². The molecule has 0 aliphatic carbocycles. The van der Waals surface area contributed by atoms with Crippen molar-refractivity contribution in [3.63, 3.8) is 0 Å². The molecule has 1 atom stereocenters. The van der Waals surface area contributed by atoms with Gasteiger partial charge in [-0.25, -0.2) is 0 Å². The molecular weight excluding hydrogens is 242 g/mol. The minimum atomic E-state index is -0.350. The molecule has 1 N–H and O–H groups in total. The summed E-state index contributed by atoms with van der Waals surface area (Å²) in [5.74, 6) is 1.85. The average Bonchev–Trinajstić information content (AvgIpc) is 2.34. The SMILES string of the molecule is CC(C)CSc1ccc(C(O)CCN(C)C)cc1. The van der Waals surface area contributed by atoms with Crippen LogP contribution < -0.4 is 0 Å². The zero-order valence-electron chi connectivity index (χ0n) is 11.9. The van der Waals surface area contributed by atoms with Gasteiger partial charge in [-0.05, 0) is 44.1 Å². The third-order valence-corrected chi connectivity index (χ3v) is 4.14. The summed E-state index contributed by atoms with van der Waals surface area (Å²) in [6.45, 7) is 5.36. The average molecular weight is 267 g/mol. The van der Waals surface area contributed by atoms with Crippen LogP contribution in [0.1, 0.15) is 31.9 Å². The molecule has 0 heterocycles. The van der Waals surface area contributed by atoms with Crippen molar-refractivity contribution in [2.75, 3.05) is 26.4 Å². The number of rotatable bonds is 7. The van der Waals surface area contributed by atoms with Crippen LogP contribution in [0.3, 0.4) is 0 Å². The third kappa shape index (κ3) is 5.89. The highest BCUT2D eigenvalue weighted by molar-refractivity contribution is 7.99. The number of thioether (sulfide) groups is 1. The van der Waals surface area contributed by atoms with E-state index in [9.17, 15) is 5.11 Å². The molecule has 1 aromatic rings. The predicted molar refractivity (Wildman–Crippen MR) is 80.1 cm³/mol. The summed E-state index contributed by atoms with van der Waals surface area (Å²) in [5.41, 5.74) is 1.02. The van der Waals surface area contributed by atoms with Crippen molar-refractivity contribution in [2.24, 2.45) is 5.92 Å². The van der Waals surface area contributed by atoms with Gasteiger partial charge in [0.25, 0.3) is 0 Å². The van der Waals surface area contributed by atoms with E-state index in [1.807, 2.05) is 38.0 Å². The lowest BCUT2D eigenvalue weighted by Gasteiger charge is -2.15. The molecule has 1 aromatic carbocycles. The molecule has 0 saturated carbocycles. The molecule has 0 bridgehead atoms. The molecule has 0 amide bonds. The van der Waals surface area contributed by atoms with Gasteiger partial charge in [0.2, 0.25) is 0 Å². The Labute approximate surface area is 115 Å². The Morgan fingerprint density at radius 1 is 1.17 bits per heavy atom. The van der Waals surface area contributed by atoms with Gasteiger partial charge in [-0.15, -0.1) is 11.8 Å². The van der Waals surface area contributed by atoms with Crippen LogP contribution in [0.2, 0.25) is 0 Å². The minimum absolute atomic E-state index is 0.350. The van der Waals surface area contributed by atoms with Gasteiger partial charge in [0.15, 0.2) is 0 Å². The molecule has 3 heteroatoms. The Hall–Kier alpha value is -0.510. The van der Waals surface area contributed by atoms with Gasteiger partial charge in [-0.1, -0.05) is 26.0 Å². The van der Waals surface area contributed by atoms with Crippen LogP contribution in [0.25, 0.3) is 0 Å². The van der Waals surface area contributed by atoms with E-state index in [1.165, 1.54) is 4.90 Å². The first kappa shape index (κ1) is 15.5. The van der Waals surface area contributed by atoms with E-state index in [0.717, 1.165) is 24.3 Å². The summed E-state index contributed by atoms with van der Waals surface area (Å²) in [5, 5.41) is 10.0. The smallest absolute Gasteiger partial charge is 0.0802 e. The molecule has 0 aromatic heterocycles. The summed E-state index contributed by atoms with van der Waals surface area (Å²) in [6.07, 6.45) is 0.433. The number of hydrogen-bond acceptors (Lipinski definition) is 3. The number of aliphatic hydroxyl groups is 1. The van der Waals surface area contributed by atoms with E-state index < -0.39 is 0 Å². The van der Waals surface area contributed by atoms with Crippen LogP contribution >= 0.6 is 11.8 Å². The molecule has 102 valence electrons. The number of nitrogens with zero attached hydrogens (tertiary/aromatic N) is 1. The fourth-order valence-electron chi connectivity index (χ4n) is 1.60. The van der Waals surface area contributed by atoms with E-state index in [0.29, 0.717) is 5.92 Å². The standard InChI is InChI=1S/C15H25NOS/c1-12(2)11-18-14-7-5-13(6-8-14)15(17)9-10-16(3)4/h5-8,12,15,17H,9-11H2,1-4H3. The monoisotopic (exact) mass is 267 g/mol. The molecule has 2 nitrogen and oxygen atoms in total. The molecule has 1 unspecified atom stereocenters. The summed E-state index contributed by atoms with van der Waals surface area (Å²) < 4.78 is 0. The Balaban J connectivity index is 2.48. The van der Waals surface area contributed by atoms with Gasteiger partial charge >= 0.3 is 0 Å². The highest BCUT2D eigenvalue weighted by Crippen LogP contribution is 2.24. The van der Waals surface area contributed by atoms with Crippen LogP contribution in [0.4, 0.5) is 0 Å². The molecule has 0 aliphatic rings. The van der Waals surface area contributed by atoms with Crippen LogP contribution in [0.5, 0.6) is 0 Å². The Bertz CT molecular complexity index is 335. The number of benzene rings is 1. The first-order chi connectivity index (χ1) is 8.49. The summed E-state index contributed by atoms with van der Waals surface area (Å²) in [7, 11) is 4.05. The van der Waals surface area contributed by atoms with E-state index in [4.69, 9.17) is 0 Å². The first-order valence-corrected chi connectivity index (χ1v) is 7.53. The molecule has 0 spiro atoms. The molecule has 0 radical (unpaired) electrons. The highest BCUT2D eigenvalue weighted by atomic mass is 32.2. The Morgan fingerprint density at radius 3 is 2.28 bits per heavy atom. The van der Waals surface area contributed by atoms with Gasteiger partial charge in [-0.2, -0.15) is 0 Å². The van der Waals surface area contributed by atoms with Gasteiger partial charge < -0.3 is 10.0 Å². The zero-order chi connectivity index (χ0) is 13.5. The second-order valence-electron chi connectivity index (χ2n) is 5.38. The van der Waals surface area contributed by atoms with Crippen molar-refractivity contribution < 1.29 is 5.11 Å². The van der Waals surface area contributed by atoms with Crippen LogP contribution in [-0.4, -0.2) is 36.4 Å². The lowest BCUT2D eigenvalue weighted by molar-refractivity contribution is 0.154. The summed E-state index contributed by atoms with van der Waals surface area (Å²) in [6, 6.07) is 8.31. The molecule has 0 fully saturated rings. The Morgan fingerprint density at radius 2 is 1.78 bits per heavy atom. The lowest BCUT2D eigenvalue weighted by atomic mass is 10.1. The maximum Gasteiger partial charge on any atom is 0.0802 e. The van der Waals surface area contributed by atoms with Crippen molar-refractivity contribution >= 4 is 11.8 Å². The first-order valence-electron chi connectivity index (χ1n) is 6.54. The highest BCUT2D eigenvalue weighted by Gasteiger charge is 2.08. The fourth-order valence-corrected chi connectivity index (χ4v) is 2.45. The maximum atomic E-state index is 10.0. The van der Waals surface area contributed by atoms with Crippen molar-refractivity contribution in [1.82, 2.24) is 4.90 Å². The maximum absolute atomic E-state index is 10.0. The fraction of sp³-hybridized carbons (Fsp3) is 0.600. The second-order valence-corrected chi connectivity index (χ2v) is 6.48. The molecular formula is C15H25NOS. The molecule has 0 saturated heterocycles. The summed E-state index contributed by atoms with van der Waals surface area (Å²) in [4.78, 5) is 3.38.